The van der Waals surface area contributed by atoms with Crippen LogP contribution < -0.4 is 10.6 Å². The van der Waals surface area contributed by atoms with Gasteiger partial charge in [-0.25, -0.2) is 4.79 Å². The van der Waals surface area contributed by atoms with Gasteiger partial charge in [0.15, 0.2) is 0 Å². The van der Waals surface area contributed by atoms with E-state index in [0.29, 0.717) is 12.5 Å². The molecule has 2 rings (SSSR count). The summed E-state index contributed by atoms with van der Waals surface area (Å²) >= 11 is 0. The fourth-order valence-electron chi connectivity index (χ4n) is 1.86. The number of carbonyl (C=O) groups is 3. The average molecular weight is 269 g/mol. The van der Waals surface area contributed by atoms with Crippen molar-refractivity contribution < 1.29 is 19.5 Å². The first-order valence-electron chi connectivity index (χ1n) is 6.57. The molecule has 0 atom stereocenters. The average Bonchev–Trinajstić information content (AvgIpc) is 3.11. The third-order valence-corrected chi connectivity index (χ3v) is 3.10. The van der Waals surface area contributed by atoms with Crippen molar-refractivity contribution in [2.45, 2.75) is 31.7 Å². The molecule has 0 radical (unpaired) electrons. The van der Waals surface area contributed by atoms with E-state index in [1.54, 1.807) is 4.90 Å². The fourth-order valence-corrected chi connectivity index (χ4v) is 1.86. The van der Waals surface area contributed by atoms with Crippen molar-refractivity contribution in [3.05, 3.63) is 0 Å². The van der Waals surface area contributed by atoms with Crippen molar-refractivity contribution in [2.24, 2.45) is 5.92 Å². The molecule has 0 aromatic rings. The van der Waals surface area contributed by atoms with Crippen molar-refractivity contribution in [3.8, 4) is 0 Å². The van der Waals surface area contributed by atoms with Gasteiger partial charge < -0.3 is 10.4 Å². The molecule has 0 aliphatic heterocycles. The molecule has 0 spiro atoms. The maximum Gasteiger partial charge on any atom is 0.321 e. The smallest absolute Gasteiger partial charge is 0.321 e. The Morgan fingerprint density at radius 3 is 2.32 bits per heavy atom. The molecular weight excluding hydrogens is 250 g/mol. The van der Waals surface area contributed by atoms with Gasteiger partial charge in [0.1, 0.15) is 0 Å². The molecule has 0 unspecified atom stereocenters. The van der Waals surface area contributed by atoms with E-state index < -0.39 is 17.9 Å². The molecule has 0 bridgehead atoms. The summed E-state index contributed by atoms with van der Waals surface area (Å²) in [6.45, 7) is 0.374. The second-order valence-electron chi connectivity index (χ2n) is 5.30. The minimum atomic E-state index is -0.962. The number of hydrogen-bond acceptors (Lipinski definition) is 4. The first kappa shape index (κ1) is 13.8. The van der Waals surface area contributed by atoms with E-state index in [-0.39, 0.29) is 19.1 Å². The molecule has 7 heteroatoms. The summed E-state index contributed by atoms with van der Waals surface area (Å²) in [5.74, 6) is -0.927. The Labute approximate surface area is 111 Å². The molecule has 0 aromatic carbocycles. The Morgan fingerprint density at radius 1 is 1.11 bits per heavy atom. The SMILES string of the molecule is O=C(O)CN(CC(=O)NC(=O)NC1CC1)CC1CC1. The van der Waals surface area contributed by atoms with Crippen molar-refractivity contribution in [1.82, 2.24) is 15.5 Å². The number of imide groups is 1. The summed E-state index contributed by atoms with van der Waals surface area (Å²) in [7, 11) is 0. The molecule has 0 aromatic heterocycles. The molecule has 3 N–H and O–H groups in total. The molecule has 7 nitrogen and oxygen atoms in total. The zero-order chi connectivity index (χ0) is 13.8. The molecule has 3 amide bonds. The van der Waals surface area contributed by atoms with Gasteiger partial charge in [0.05, 0.1) is 13.1 Å². The van der Waals surface area contributed by atoms with Crippen LogP contribution in [0.2, 0.25) is 0 Å². The van der Waals surface area contributed by atoms with Crippen LogP contribution in [0.5, 0.6) is 0 Å². The van der Waals surface area contributed by atoms with Gasteiger partial charge in [-0.3, -0.25) is 19.8 Å². The highest BCUT2D eigenvalue weighted by Crippen LogP contribution is 2.29. The zero-order valence-electron chi connectivity index (χ0n) is 10.7. The number of nitrogens with zero attached hydrogens (tertiary/aromatic N) is 1. The van der Waals surface area contributed by atoms with E-state index in [2.05, 4.69) is 10.6 Å². The predicted molar refractivity (Wildman–Crippen MR) is 66.5 cm³/mol. The Hall–Kier alpha value is -1.63. The van der Waals surface area contributed by atoms with Crippen LogP contribution in [0.25, 0.3) is 0 Å². The van der Waals surface area contributed by atoms with Crippen LogP contribution in [0.4, 0.5) is 4.79 Å². The van der Waals surface area contributed by atoms with Gasteiger partial charge in [0, 0.05) is 12.6 Å². The number of amides is 3. The Morgan fingerprint density at radius 2 is 1.79 bits per heavy atom. The summed E-state index contributed by atoms with van der Waals surface area (Å²) < 4.78 is 0. The van der Waals surface area contributed by atoms with Gasteiger partial charge >= 0.3 is 12.0 Å². The van der Waals surface area contributed by atoms with Crippen LogP contribution in [0.15, 0.2) is 0 Å². The molecule has 106 valence electrons. The van der Waals surface area contributed by atoms with Gasteiger partial charge in [0.2, 0.25) is 5.91 Å². The van der Waals surface area contributed by atoms with Crippen LogP contribution in [0, 0.1) is 5.92 Å². The summed E-state index contributed by atoms with van der Waals surface area (Å²) in [6, 6.07) is -0.302. The molecule has 2 fully saturated rings. The summed E-state index contributed by atoms with van der Waals surface area (Å²) in [5, 5.41) is 13.7. The predicted octanol–water partition coefficient (Wildman–Crippen LogP) is -0.229. The number of hydrogen-bond donors (Lipinski definition) is 3. The second-order valence-corrected chi connectivity index (χ2v) is 5.30. The molecule has 2 aliphatic carbocycles. The highest BCUT2D eigenvalue weighted by atomic mass is 16.4. The number of urea groups is 1. The lowest BCUT2D eigenvalue weighted by molar-refractivity contribution is -0.138. The largest absolute Gasteiger partial charge is 0.480 e. The number of carboxylic acids is 1. The number of nitrogens with one attached hydrogen (secondary N) is 2. The quantitative estimate of drug-likeness (QED) is 0.593. The number of rotatable bonds is 7. The van der Waals surface area contributed by atoms with E-state index in [0.717, 1.165) is 25.7 Å². The molecule has 19 heavy (non-hydrogen) atoms. The fraction of sp³-hybridized carbons (Fsp3) is 0.750. The summed E-state index contributed by atoms with van der Waals surface area (Å²) in [5.41, 5.74) is 0. The third-order valence-electron chi connectivity index (χ3n) is 3.10. The van der Waals surface area contributed by atoms with Crippen molar-refractivity contribution in [3.63, 3.8) is 0 Å². The van der Waals surface area contributed by atoms with Gasteiger partial charge in [-0.15, -0.1) is 0 Å². The lowest BCUT2D eigenvalue weighted by Gasteiger charge is -2.19. The highest BCUT2D eigenvalue weighted by Gasteiger charge is 2.27. The number of carbonyl (C=O) groups excluding carboxylic acids is 2. The molecule has 0 heterocycles. The minimum absolute atomic E-state index is 0.0547. The highest BCUT2D eigenvalue weighted by molar-refractivity contribution is 5.95. The molecule has 2 saturated carbocycles. The third kappa shape index (κ3) is 5.69. The van der Waals surface area contributed by atoms with Crippen molar-refractivity contribution in [1.29, 1.82) is 0 Å². The number of carboxylic acid groups (broad SMARTS) is 1. The maximum absolute atomic E-state index is 11.6. The Bertz CT molecular complexity index is 377. The Kier molecular flexibility index (Phi) is 4.36. The minimum Gasteiger partial charge on any atom is -0.480 e. The van der Waals surface area contributed by atoms with Gasteiger partial charge in [-0.1, -0.05) is 0 Å². The van der Waals surface area contributed by atoms with E-state index in [4.69, 9.17) is 5.11 Å². The van der Waals surface area contributed by atoms with Crippen LogP contribution in [0.3, 0.4) is 0 Å². The summed E-state index contributed by atoms with van der Waals surface area (Å²) in [6.07, 6.45) is 4.07. The van der Waals surface area contributed by atoms with Gasteiger partial charge in [-0.05, 0) is 31.6 Å². The van der Waals surface area contributed by atoms with Gasteiger partial charge in [0.25, 0.3) is 0 Å². The normalized spacial score (nSPS) is 18.2. The topological polar surface area (TPSA) is 98.7 Å². The monoisotopic (exact) mass is 269 g/mol. The van der Waals surface area contributed by atoms with E-state index in [9.17, 15) is 14.4 Å². The Balaban J connectivity index is 1.72. The molecular formula is C12H19N3O4. The lowest BCUT2D eigenvalue weighted by atomic mass is 10.3. The maximum atomic E-state index is 11.6. The van der Waals surface area contributed by atoms with Crippen LogP contribution in [-0.2, 0) is 9.59 Å². The zero-order valence-corrected chi connectivity index (χ0v) is 10.7. The van der Waals surface area contributed by atoms with E-state index in [1.165, 1.54) is 0 Å². The van der Waals surface area contributed by atoms with E-state index >= 15 is 0 Å². The van der Waals surface area contributed by atoms with Crippen molar-refractivity contribution >= 4 is 17.9 Å². The first-order valence-corrected chi connectivity index (χ1v) is 6.57. The van der Waals surface area contributed by atoms with Crippen LogP contribution in [-0.4, -0.2) is 53.6 Å². The van der Waals surface area contributed by atoms with Gasteiger partial charge in [-0.2, -0.15) is 0 Å². The van der Waals surface area contributed by atoms with E-state index in [1.807, 2.05) is 0 Å². The summed E-state index contributed by atoms with van der Waals surface area (Å²) in [4.78, 5) is 35.3. The first-order chi connectivity index (χ1) is 9.02. The lowest BCUT2D eigenvalue weighted by Crippen LogP contribution is -2.46. The number of aliphatic carboxylic acids is 1. The standard InChI is InChI=1S/C12H19N3O4/c16-10(14-12(19)13-9-3-4-9)6-15(7-11(17)18)5-8-1-2-8/h8-9H,1-7H2,(H,17,18)(H2,13,14,16,19). The van der Waals surface area contributed by atoms with Crippen LogP contribution in [0.1, 0.15) is 25.7 Å². The second kappa shape index (κ2) is 6.01. The molecule has 2 aliphatic rings. The van der Waals surface area contributed by atoms with Crippen molar-refractivity contribution in [2.75, 3.05) is 19.6 Å². The van der Waals surface area contributed by atoms with Crippen LogP contribution >= 0.6 is 0 Å². The molecule has 0 saturated heterocycles.